The highest BCUT2D eigenvalue weighted by atomic mass is 35.5. The van der Waals surface area contributed by atoms with Gasteiger partial charge in [-0.3, -0.25) is 14.4 Å². The van der Waals surface area contributed by atoms with Crippen molar-refractivity contribution < 1.29 is 36.7 Å². The van der Waals surface area contributed by atoms with Crippen molar-refractivity contribution in [3.8, 4) is 0 Å². The third kappa shape index (κ3) is 7.57. The van der Waals surface area contributed by atoms with Crippen LogP contribution in [-0.2, 0) is 35.6 Å². The number of benzene rings is 2. The van der Waals surface area contributed by atoms with Crippen LogP contribution >= 0.6 is 23.2 Å². The molecule has 50 heavy (non-hydrogen) atoms. The first-order chi connectivity index (χ1) is 23.5. The molecule has 0 aliphatic carbocycles. The van der Waals surface area contributed by atoms with Gasteiger partial charge in [-0.15, -0.1) is 0 Å². The minimum atomic E-state index is -4.71. The molecule has 13 nitrogen and oxygen atoms in total. The van der Waals surface area contributed by atoms with Crippen LogP contribution in [0.1, 0.15) is 46.1 Å². The smallest absolute Gasteiger partial charge is 0.409 e. The fraction of sp³-hybridized carbons (Fsp3) is 0.515. The van der Waals surface area contributed by atoms with Crippen LogP contribution in [0.15, 0.2) is 47.4 Å². The lowest BCUT2D eigenvalue weighted by molar-refractivity contribution is -0.168. The van der Waals surface area contributed by atoms with E-state index in [1.165, 1.54) is 15.9 Å². The van der Waals surface area contributed by atoms with E-state index < -0.39 is 75.7 Å². The van der Waals surface area contributed by atoms with Gasteiger partial charge in [0.1, 0.15) is 29.0 Å². The molecule has 272 valence electrons. The van der Waals surface area contributed by atoms with Gasteiger partial charge in [-0.2, -0.15) is 4.31 Å². The first-order valence-electron chi connectivity index (χ1n) is 16.4. The second-order valence-corrected chi connectivity index (χ2v) is 16.0. The van der Waals surface area contributed by atoms with Gasteiger partial charge in [0.2, 0.25) is 27.7 Å². The van der Waals surface area contributed by atoms with Crippen LogP contribution < -0.4 is 11.1 Å². The fourth-order valence-electron chi connectivity index (χ4n) is 6.52. The molecule has 3 heterocycles. The Morgan fingerprint density at radius 1 is 1.02 bits per heavy atom. The lowest BCUT2D eigenvalue weighted by Gasteiger charge is -2.54. The maximum Gasteiger partial charge on any atom is 0.409 e. The molecule has 0 aromatic heterocycles. The van der Waals surface area contributed by atoms with E-state index in [2.05, 4.69) is 5.32 Å². The number of hydrogen-bond acceptors (Lipinski definition) is 8. The lowest BCUT2D eigenvalue weighted by Crippen LogP contribution is -2.76. The summed E-state index contributed by atoms with van der Waals surface area (Å²) in [5.74, 6) is -2.82. The highest BCUT2D eigenvalue weighted by molar-refractivity contribution is 7.89. The van der Waals surface area contributed by atoms with Gasteiger partial charge in [-0.05, 0) is 62.1 Å². The molecule has 5 atom stereocenters. The summed E-state index contributed by atoms with van der Waals surface area (Å²) in [5.41, 5.74) is 6.71. The number of ether oxygens (including phenoxy) is 1. The van der Waals surface area contributed by atoms with Crippen molar-refractivity contribution in [2.75, 3.05) is 19.6 Å². The zero-order valence-corrected chi connectivity index (χ0v) is 30.4. The Morgan fingerprint density at radius 2 is 1.68 bits per heavy atom. The van der Waals surface area contributed by atoms with E-state index in [1.54, 1.807) is 52.0 Å². The largest absolute Gasteiger partial charge is 0.425 e. The number of fused-ring (bicyclic) bond motifs is 1. The fourth-order valence-corrected chi connectivity index (χ4v) is 8.44. The van der Waals surface area contributed by atoms with Crippen LogP contribution in [0, 0.1) is 11.7 Å². The number of carbonyl (C=O) groups excluding carboxylic acids is 4. The minimum Gasteiger partial charge on any atom is -0.425 e. The summed E-state index contributed by atoms with van der Waals surface area (Å²) < 4.78 is 50.3. The second-order valence-electron chi connectivity index (χ2n) is 13.3. The van der Waals surface area contributed by atoms with Gasteiger partial charge in [0, 0.05) is 42.0 Å². The van der Waals surface area contributed by atoms with E-state index in [9.17, 15) is 27.6 Å². The second kappa shape index (κ2) is 15.0. The van der Waals surface area contributed by atoms with Crippen molar-refractivity contribution in [3.63, 3.8) is 0 Å². The molecule has 17 heteroatoms. The van der Waals surface area contributed by atoms with Gasteiger partial charge >= 0.3 is 6.09 Å². The number of nitrogens with zero attached hydrogens (tertiary/aromatic N) is 4. The molecule has 3 aliphatic heterocycles. The normalized spacial score (nSPS) is 23.8. The number of nitrogens with one attached hydrogen (secondary N) is 1. The lowest BCUT2D eigenvalue weighted by atomic mass is 9.96. The molecule has 3 fully saturated rings. The molecule has 3 N–H and O–H groups in total. The van der Waals surface area contributed by atoms with Crippen LogP contribution in [0.25, 0.3) is 0 Å². The molecular weight excluding hydrogens is 714 g/mol. The highest BCUT2D eigenvalue weighted by Gasteiger charge is 2.55. The maximum atomic E-state index is 15.2. The number of amides is 4. The van der Waals surface area contributed by atoms with E-state index in [-0.39, 0.29) is 35.9 Å². The van der Waals surface area contributed by atoms with Crippen molar-refractivity contribution in [2.45, 2.75) is 88.4 Å². The molecular formula is C33H41Cl2FN6O7S. The van der Waals surface area contributed by atoms with Crippen molar-refractivity contribution in [3.05, 3.63) is 63.9 Å². The molecule has 5 unspecified atom stereocenters. The number of nitrogens with two attached hydrogens (primary N) is 1. The zero-order valence-electron chi connectivity index (χ0n) is 28.1. The zero-order chi connectivity index (χ0) is 36.7. The van der Waals surface area contributed by atoms with E-state index >= 15 is 4.39 Å². The summed E-state index contributed by atoms with van der Waals surface area (Å²) in [6, 6.07) is 5.83. The third-order valence-electron chi connectivity index (χ3n) is 9.30. The average molecular weight is 756 g/mol. The molecule has 0 saturated carbocycles. The van der Waals surface area contributed by atoms with Crippen LogP contribution in [-0.4, -0.2) is 107 Å². The van der Waals surface area contributed by atoms with Gasteiger partial charge in [-0.1, -0.05) is 49.2 Å². The summed E-state index contributed by atoms with van der Waals surface area (Å²) in [6.45, 7) is 6.63. The van der Waals surface area contributed by atoms with Crippen LogP contribution in [0.5, 0.6) is 0 Å². The SMILES string of the molecule is CC(C)C(N)C(=O)N1CCCC1OC(=O)NC1CN(S(=O)(=O)c2ccc(Cl)cc2F)C2CN(C(C)C)C(=O)C(Cc3ccc(Cl)cc3)N2C1=O. The molecule has 0 spiro atoms. The number of sulfonamides is 1. The molecule has 5 rings (SSSR count). The van der Waals surface area contributed by atoms with Crippen LogP contribution in [0.2, 0.25) is 10.0 Å². The van der Waals surface area contributed by atoms with E-state index in [1.807, 2.05) is 0 Å². The number of carbonyl (C=O) groups is 4. The molecule has 2 aromatic carbocycles. The van der Waals surface area contributed by atoms with Gasteiger partial charge < -0.3 is 30.5 Å². The van der Waals surface area contributed by atoms with Crippen LogP contribution in [0.3, 0.4) is 0 Å². The average Bonchev–Trinajstić information content (AvgIpc) is 3.50. The Hall–Kier alpha value is -3.50. The van der Waals surface area contributed by atoms with Gasteiger partial charge in [-0.25, -0.2) is 17.6 Å². The van der Waals surface area contributed by atoms with E-state index in [4.69, 9.17) is 33.7 Å². The first-order valence-corrected chi connectivity index (χ1v) is 18.6. The number of alkyl carbamates (subject to hydrolysis) is 1. The number of halogens is 3. The van der Waals surface area contributed by atoms with Crippen molar-refractivity contribution in [1.82, 2.24) is 24.3 Å². The van der Waals surface area contributed by atoms with Crippen LogP contribution in [0.4, 0.5) is 9.18 Å². The summed E-state index contributed by atoms with van der Waals surface area (Å²) in [7, 11) is -4.71. The predicted molar refractivity (Wildman–Crippen MR) is 183 cm³/mol. The Kier molecular flexibility index (Phi) is 11.3. The van der Waals surface area contributed by atoms with Crippen molar-refractivity contribution >= 4 is 57.0 Å². The predicted octanol–water partition coefficient (Wildman–Crippen LogP) is 3.18. The van der Waals surface area contributed by atoms with E-state index in [0.29, 0.717) is 30.0 Å². The topological polar surface area (TPSA) is 163 Å². The Bertz CT molecular complexity index is 1750. The maximum absolute atomic E-state index is 15.2. The summed E-state index contributed by atoms with van der Waals surface area (Å²) in [5, 5.41) is 2.91. The molecule has 2 aromatic rings. The Morgan fingerprint density at radius 3 is 2.30 bits per heavy atom. The quantitative estimate of drug-likeness (QED) is 0.395. The van der Waals surface area contributed by atoms with E-state index in [0.717, 1.165) is 21.3 Å². The summed E-state index contributed by atoms with van der Waals surface area (Å²) in [4.78, 5) is 58.0. The Labute approximate surface area is 300 Å². The van der Waals surface area contributed by atoms with Gasteiger partial charge in [0.15, 0.2) is 6.23 Å². The summed E-state index contributed by atoms with van der Waals surface area (Å²) >= 11 is 12.0. The summed E-state index contributed by atoms with van der Waals surface area (Å²) in [6.07, 6.45) is -2.43. The number of rotatable bonds is 9. The molecule has 4 amide bonds. The highest BCUT2D eigenvalue weighted by Crippen LogP contribution is 2.34. The molecule has 3 aliphatic rings. The van der Waals surface area contributed by atoms with Crippen molar-refractivity contribution in [2.24, 2.45) is 11.7 Å². The first kappa shape index (κ1) is 37.7. The monoisotopic (exact) mass is 754 g/mol. The van der Waals surface area contributed by atoms with Gasteiger partial charge in [0.25, 0.3) is 0 Å². The Balaban J connectivity index is 1.51. The van der Waals surface area contributed by atoms with Gasteiger partial charge in [0.05, 0.1) is 12.6 Å². The molecule has 0 bridgehead atoms. The third-order valence-corrected chi connectivity index (χ3v) is 11.7. The number of hydrogen-bond donors (Lipinski definition) is 2. The molecule has 0 radical (unpaired) electrons. The van der Waals surface area contributed by atoms with Crippen molar-refractivity contribution in [1.29, 1.82) is 0 Å². The standard InChI is InChI=1S/C33H41Cl2FN6O7S/c1-18(2)29(37)32(45)39-13-5-6-28(39)49-33(46)38-24-16-41(50(47,48)26-12-11-22(35)15-23(26)36)27-17-40(19(3)4)31(44)25(42(27)30(24)43)14-20-7-9-21(34)10-8-20/h7-12,15,18-19,24-25,27-29H,5-6,13-14,16-17,37H2,1-4H3,(H,38,46). The molecule has 3 saturated heterocycles. The number of piperazine rings is 1. The number of likely N-dealkylation sites (tertiary alicyclic amines) is 1. The minimum absolute atomic E-state index is 0.00290.